The van der Waals surface area contributed by atoms with E-state index in [1.165, 1.54) is 18.9 Å². The molecule has 0 radical (unpaired) electrons. The first-order valence-corrected chi connectivity index (χ1v) is 10.9. The molecule has 0 bridgehead atoms. The summed E-state index contributed by atoms with van der Waals surface area (Å²) in [4.78, 5) is 25.6. The van der Waals surface area contributed by atoms with Crippen molar-refractivity contribution in [1.82, 2.24) is 9.78 Å². The second-order valence-electron chi connectivity index (χ2n) is 6.17. The van der Waals surface area contributed by atoms with Crippen LogP contribution in [0.4, 0.5) is 0 Å². The molecule has 1 heterocycles. The SMILES string of the molecule is C=CCOc1c(I)cc(Br)cc1-c1nn(-c2ccccc2)c(C(=O)OC)c1C(=O)OC. The predicted octanol–water partition coefficient (Wildman–Crippen LogP) is 5.04. The number of nitrogens with zero attached hydrogens (tertiary/aromatic N) is 2. The van der Waals surface area contributed by atoms with Crippen LogP contribution in [0.15, 0.2) is 59.6 Å². The Morgan fingerprint density at radius 1 is 1.16 bits per heavy atom. The van der Waals surface area contributed by atoms with Gasteiger partial charge in [0.1, 0.15) is 23.6 Å². The van der Waals surface area contributed by atoms with Crippen molar-refractivity contribution >= 4 is 50.5 Å². The fourth-order valence-corrected chi connectivity index (χ4v) is 4.64. The molecule has 3 aromatic rings. The van der Waals surface area contributed by atoms with E-state index in [0.717, 1.165) is 8.04 Å². The number of hydrogen-bond donors (Lipinski definition) is 0. The Kier molecular flexibility index (Phi) is 7.50. The topological polar surface area (TPSA) is 79.7 Å². The molecule has 0 N–H and O–H groups in total. The lowest BCUT2D eigenvalue weighted by molar-refractivity contribution is 0.0549. The van der Waals surface area contributed by atoms with Crippen LogP contribution in [0.3, 0.4) is 0 Å². The largest absolute Gasteiger partial charge is 0.488 e. The maximum Gasteiger partial charge on any atom is 0.357 e. The number of esters is 2. The first-order valence-electron chi connectivity index (χ1n) is 9.01. The highest BCUT2D eigenvalue weighted by molar-refractivity contribution is 14.1. The molecule has 0 spiro atoms. The molecule has 0 atom stereocenters. The summed E-state index contributed by atoms with van der Waals surface area (Å²) in [7, 11) is 2.49. The van der Waals surface area contributed by atoms with Gasteiger partial charge in [0.2, 0.25) is 0 Å². The second kappa shape index (κ2) is 10.1. The van der Waals surface area contributed by atoms with Gasteiger partial charge in [-0.3, -0.25) is 0 Å². The lowest BCUT2D eigenvalue weighted by atomic mass is 10.0. The number of hydrogen-bond acceptors (Lipinski definition) is 6. The zero-order valence-electron chi connectivity index (χ0n) is 16.7. The highest BCUT2D eigenvalue weighted by atomic mass is 127. The number of carbonyl (C=O) groups is 2. The zero-order chi connectivity index (χ0) is 22.5. The highest BCUT2D eigenvalue weighted by Gasteiger charge is 2.33. The fraction of sp³-hybridized carbons (Fsp3) is 0.136. The van der Waals surface area contributed by atoms with Gasteiger partial charge in [-0.25, -0.2) is 14.3 Å². The summed E-state index contributed by atoms with van der Waals surface area (Å²) < 4.78 is 18.7. The zero-order valence-corrected chi connectivity index (χ0v) is 20.5. The Morgan fingerprint density at radius 2 is 1.84 bits per heavy atom. The van der Waals surface area contributed by atoms with Crippen LogP contribution in [-0.2, 0) is 9.47 Å². The Morgan fingerprint density at radius 3 is 2.45 bits per heavy atom. The summed E-state index contributed by atoms with van der Waals surface area (Å²) in [6, 6.07) is 12.6. The fourth-order valence-electron chi connectivity index (χ4n) is 2.97. The van der Waals surface area contributed by atoms with Crippen molar-refractivity contribution in [3.8, 4) is 22.7 Å². The van der Waals surface area contributed by atoms with E-state index in [2.05, 4.69) is 50.2 Å². The molecular weight excluding hydrogens is 579 g/mol. The Bertz CT molecular complexity index is 1140. The molecule has 160 valence electrons. The first kappa shape index (κ1) is 23.0. The normalized spacial score (nSPS) is 10.5. The molecule has 0 amide bonds. The number of halogens is 2. The Labute approximate surface area is 201 Å². The highest BCUT2D eigenvalue weighted by Crippen LogP contribution is 2.39. The summed E-state index contributed by atoms with van der Waals surface area (Å²) >= 11 is 5.61. The third kappa shape index (κ3) is 4.67. The predicted molar refractivity (Wildman–Crippen MR) is 128 cm³/mol. The minimum Gasteiger partial charge on any atom is -0.488 e. The minimum absolute atomic E-state index is 0.0180. The molecule has 31 heavy (non-hydrogen) atoms. The van der Waals surface area contributed by atoms with Gasteiger partial charge in [0.25, 0.3) is 0 Å². The maximum atomic E-state index is 12.8. The van der Waals surface area contributed by atoms with Crippen LogP contribution in [0, 0.1) is 3.57 Å². The van der Waals surface area contributed by atoms with E-state index >= 15 is 0 Å². The van der Waals surface area contributed by atoms with Crippen molar-refractivity contribution in [2.24, 2.45) is 0 Å². The molecule has 0 saturated carbocycles. The van der Waals surface area contributed by atoms with E-state index in [1.807, 2.05) is 12.1 Å². The van der Waals surface area contributed by atoms with E-state index in [4.69, 9.17) is 14.2 Å². The van der Waals surface area contributed by atoms with Crippen LogP contribution in [0.1, 0.15) is 20.8 Å². The van der Waals surface area contributed by atoms with Gasteiger partial charge in [-0.05, 0) is 46.9 Å². The van der Waals surface area contributed by atoms with Crippen molar-refractivity contribution in [3.63, 3.8) is 0 Å². The quantitative estimate of drug-likeness (QED) is 0.216. The van der Waals surface area contributed by atoms with Gasteiger partial charge in [-0.15, -0.1) is 0 Å². The number of methoxy groups -OCH3 is 2. The van der Waals surface area contributed by atoms with E-state index < -0.39 is 11.9 Å². The third-order valence-electron chi connectivity index (χ3n) is 4.26. The standard InChI is InChI=1S/C22H18BrIN2O5/c1-4-10-31-20-15(11-13(23)12-16(20)24)18-17(21(27)29-2)19(22(28)30-3)26(25-18)14-8-6-5-7-9-14/h4-9,11-12H,1,10H2,2-3H3. The number of benzene rings is 2. The van der Waals surface area contributed by atoms with E-state index in [9.17, 15) is 9.59 Å². The lowest BCUT2D eigenvalue weighted by Gasteiger charge is -2.13. The van der Waals surface area contributed by atoms with E-state index in [1.54, 1.807) is 36.4 Å². The number of aromatic nitrogens is 2. The number of rotatable bonds is 7. The van der Waals surface area contributed by atoms with Crippen LogP contribution >= 0.6 is 38.5 Å². The molecule has 7 nitrogen and oxygen atoms in total. The molecule has 9 heteroatoms. The lowest BCUT2D eigenvalue weighted by Crippen LogP contribution is -2.15. The van der Waals surface area contributed by atoms with E-state index in [0.29, 0.717) is 17.0 Å². The minimum atomic E-state index is -0.721. The average molecular weight is 597 g/mol. The van der Waals surface area contributed by atoms with Crippen LogP contribution in [0.2, 0.25) is 0 Å². The molecule has 0 fully saturated rings. The number of ether oxygens (including phenoxy) is 3. The number of para-hydroxylation sites is 1. The van der Waals surface area contributed by atoms with Crippen molar-refractivity contribution in [2.75, 3.05) is 20.8 Å². The van der Waals surface area contributed by atoms with Gasteiger partial charge in [0.15, 0.2) is 5.69 Å². The second-order valence-corrected chi connectivity index (χ2v) is 8.24. The van der Waals surface area contributed by atoms with Gasteiger partial charge in [-0.2, -0.15) is 5.10 Å². The van der Waals surface area contributed by atoms with Gasteiger partial charge in [-0.1, -0.05) is 46.8 Å². The molecule has 0 aliphatic rings. The first-order chi connectivity index (χ1) is 14.9. The van der Waals surface area contributed by atoms with Gasteiger partial charge in [0.05, 0.1) is 23.5 Å². The summed E-state index contributed by atoms with van der Waals surface area (Å²) in [5.74, 6) is -0.938. The van der Waals surface area contributed by atoms with Crippen LogP contribution in [0.5, 0.6) is 5.75 Å². The van der Waals surface area contributed by atoms with Crippen LogP contribution in [0.25, 0.3) is 16.9 Å². The molecule has 0 aliphatic heterocycles. The summed E-state index contributed by atoms with van der Waals surface area (Å²) in [5, 5.41) is 4.62. The summed E-state index contributed by atoms with van der Waals surface area (Å²) in [6.07, 6.45) is 1.62. The molecule has 3 rings (SSSR count). The maximum absolute atomic E-state index is 12.8. The third-order valence-corrected chi connectivity index (χ3v) is 5.52. The van der Waals surface area contributed by atoms with E-state index in [-0.39, 0.29) is 23.6 Å². The van der Waals surface area contributed by atoms with Gasteiger partial charge < -0.3 is 14.2 Å². The molecule has 0 aliphatic carbocycles. The average Bonchev–Trinajstić information content (AvgIpc) is 3.18. The van der Waals surface area contributed by atoms with Crippen molar-refractivity contribution in [3.05, 3.63) is 74.4 Å². The van der Waals surface area contributed by atoms with Crippen LogP contribution in [-0.4, -0.2) is 42.5 Å². The van der Waals surface area contributed by atoms with Gasteiger partial charge >= 0.3 is 11.9 Å². The smallest absolute Gasteiger partial charge is 0.357 e. The Balaban J connectivity index is 2.41. The van der Waals surface area contributed by atoms with Crippen LogP contribution < -0.4 is 4.74 Å². The van der Waals surface area contributed by atoms with Crippen molar-refractivity contribution in [1.29, 1.82) is 0 Å². The number of carbonyl (C=O) groups excluding carboxylic acids is 2. The molecule has 2 aromatic carbocycles. The monoisotopic (exact) mass is 596 g/mol. The molecular formula is C22H18BrIN2O5. The Hall–Kier alpha value is -2.66. The molecule has 0 saturated heterocycles. The summed E-state index contributed by atoms with van der Waals surface area (Å²) in [5.41, 5.74) is 1.27. The van der Waals surface area contributed by atoms with Crippen molar-refractivity contribution < 1.29 is 23.8 Å². The van der Waals surface area contributed by atoms with Crippen molar-refractivity contribution in [2.45, 2.75) is 0 Å². The summed E-state index contributed by atoms with van der Waals surface area (Å²) in [6.45, 7) is 3.94. The molecule has 0 unspecified atom stereocenters. The molecule has 1 aromatic heterocycles. The van der Waals surface area contributed by atoms with Gasteiger partial charge in [0, 0.05) is 10.0 Å².